The minimum Gasteiger partial charge on any atom is -0.398 e. The first-order chi connectivity index (χ1) is 11.3. The van der Waals surface area contributed by atoms with Crippen molar-refractivity contribution < 1.29 is 19.9 Å². The van der Waals surface area contributed by atoms with Gasteiger partial charge in [-0.25, -0.2) is 5.06 Å². The molecule has 0 aromatic heterocycles. The Hall–Kier alpha value is -2.22. The second kappa shape index (κ2) is 7.12. The molecule has 126 valence electrons. The van der Waals surface area contributed by atoms with Gasteiger partial charge in [0.05, 0.1) is 6.42 Å². The Kier molecular flexibility index (Phi) is 5.38. The number of ketones is 1. The van der Waals surface area contributed by atoms with Crippen molar-refractivity contribution in [3.05, 3.63) is 64.1 Å². The van der Waals surface area contributed by atoms with Crippen molar-refractivity contribution in [3.8, 4) is 0 Å². The van der Waals surface area contributed by atoms with E-state index in [1.807, 2.05) is 0 Å². The Morgan fingerprint density at radius 3 is 2.46 bits per heavy atom. The Morgan fingerprint density at radius 1 is 1.21 bits per heavy atom. The van der Waals surface area contributed by atoms with Crippen LogP contribution < -0.4 is 5.73 Å². The third-order valence-electron chi connectivity index (χ3n) is 3.66. The van der Waals surface area contributed by atoms with Crippen LogP contribution in [0, 0.1) is 0 Å². The quantitative estimate of drug-likeness (QED) is 0.312. The maximum Gasteiger partial charge on any atom is 0.313 e. The van der Waals surface area contributed by atoms with Gasteiger partial charge in [-0.1, -0.05) is 46.3 Å². The lowest BCUT2D eigenvalue weighted by molar-refractivity contribution is -0.166. The molecule has 1 amide bonds. The van der Waals surface area contributed by atoms with Crippen molar-refractivity contribution in [3.63, 3.8) is 0 Å². The molecule has 6 nitrogen and oxygen atoms in total. The van der Waals surface area contributed by atoms with Crippen molar-refractivity contribution in [2.75, 3.05) is 12.8 Å². The summed E-state index contributed by atoms with van der Waals surface area (Å²) in [6.07, 6.45) is -0.554. The highest BCUT2D eigenvalue weighted by atomic mass is 79.9. The van der Waals surface area contributed by atoms with E-state index in [0.29, 0.717) is 15.6 Å². The van der Waals surface area contributed by atoms with Crippen molar-refractivity contribution in [1.29, 1.82) is 0 Å². The normalized spacial score (nSPS) is 13.2. The van der Waals surface area contributed by atoms with Crippen LogP contribution in [-0.4, -0.2) is 34.1 Å². The molecule has 0 aliphatic rings. The molecule has 0 bridgehead atoms. The molecule has 0 fully saturated rings. The molecular formula is C17H17BrN2O4. The number of amides is 1. The lowest BCUT2D eigenvalue weighted by Gasteiger charge is -2.30. The fourth-order valence-corrected chi connectivity index (χ4v) is 2.86. The molecule has 1 atom stereocenters. The number of hydroxylamine groups is 2. The van der Waals surface area contributed by atoms with Gasteiger partial charge in [-0.2, -0.15) is 0 Å². The predicted octanol–water partition coefficient (Wildman–Crippen LogP) is 2.07. The zero-order valence-electron chi connectivity index (χ0n) is 12.9. The number of nitrogens with zero attached hydrogens (tertiary/aromatic N) is 1. The number of para-hydroxylation sites is 1. The van der Waals surface area contributed by atoms with Crippen LogP contribution in [0.3, 0.4) is 0 Å². The van der Waals surface area contributed by atoms with Crippen LogP contribution in [0.2, 0.25) is 0 Å². The van der Waals surface area contributed by atoms with Crippen LogP contribution in [0.25, 0.3) is 0 Å². The van der Waals surface area contributed by atoms with Gasteiger partial charge in [-0.15, -0.1) is 0 Å². The summed E-state index contributed by atoms with van der Waals surface area (Å²) in [5.41, 5.74) is 5.16. The van der Waals surface area contributed by atoms with Gasteiger partial charge in [0.1, 0.15) is 5.60 Å². The van der Waals surface area contributed by atoms with Gasteiger partial charge >= 0.3 is 5.91 Å². The fourth-order valence-electron chi connectivity index (χ4n) is 2.46. The number of hydrogen-bond acceptors (Lipinski definition) is 5. The van der Waals surface area contributed by atoms with Crippen molar-refractivity contribution in [2.24, 2.45) is 0 Å². The summed E-state index contributed by atoms with van der Waals surface area (Å²) >= 11 is 3.32. The third-order valence-corrected chi connectivity index (χ3v) is 4.15. The van der Waals surface area contributed by atoms with Crippen molar-refractivity contribution >= 4 is 33.3 Å². The summed E-state index contributed by atoms with van der Waals surface area (Å²) < 4.78 is 0.700. The highest BCUT2D eigenvalue weighted by Gasteiger charge is 2.38. The van der Waals surface area contributed by atoms with Gasteiger partial charge in [0, 0.05) is 22.8 Å². The number of nitrogens with two attached hydrogens (primary N) is 1. The number of likely N-dealkylation sites (N-methyl/N-ethyl adjacent to an activating group) is 1. The van der Waals surface area contributed by atoms with E-state index >= 15 is 0 Å². The lowest BCUT2D eigenvalue weighted by Crippen LogP contribution is -2.38. The second-order valence-electron chi connectivity index (χ2n) is 5.39. The lowest BCUT2D eigenvalue weighted by atomic mass is 9.81. The predicted molar refractivity (Wildman–Crippen MR) is 92.2 cm³/mol. The zero-order chi connectivity index (χ0) is 17.9. The van der Waals surface area contributed by atoms with Gasteiger partial charge in [-0.05, 0) is 23.8 Å². The first-order valence-electron chi connectivity index (χ1n) is 7.09. The average Bonchev–Trinajstić information content (AvgIpc) is 2.54. The molecular weight excluding hydrogens is 376 g/mol. The van der Waals surface area contributed by atoms with E-state index in [0.717, 1.165) is 7.05 Å². The number of carbonyl (C=O) groups excluding carboxylic acids is 2. The Balaban J connectivity index is 2.56. The number of rotatable bonds is 5. The van der Waals surface area contributed by atoms with Crippen LogP contribution in [0.5, 0.6) is 0 Å². The standard InChI is InChI=1S/C17H17BrN2O4/c1-20(24)16(22)15(21)10-17(23,11-5-4-6-12(18)9-11)13-7-2-3-8-14(13)19/h2-9,23-24H,10,19H2,1H3. The first-order valence-corrected chi connectivity index (χ1v) is 7.88. The van der Waals surface area contributed by atoms with E-state index < -0.39 is 23.7 Å². The third kappa shape index (κ3) is 3.64. The van der Waals surface area contributed by atoms with Gasteiger partial charge in [0.2, 0.25) is 5.78 Å². The number of nitrogen functional groups attached to an aromatic ring is 1. The molecule has 0 spiro atoms. The number of halogens is 1. The summed E-state index contributed by atoms with van der Waals surface area (Å²) in [5, 5.41) is 20.7. The number of benzene rings is 2. The van der Waals surface area contributed by atoms with Crippen molar-refractivity contribution in [1.82, 2.24) is 5.06 Å². The number of aliphatic hydroxyl groups is 1. The van der Waals surface area contributed by atoms with Gasteiger partial charge in [0.25, 0.3) is 0 Å². The van der Waals surface area contributed by atoms with Gasteiger partial charge in [0.15, 0.2) is 0 Å². The van der Waals surface area contributed by atoms with E-state index in [1.54, 1.807) is 48.5 Å². The summed E-state index contributed by atoms with van der Waals surface area (Å²) in [6.45, 7) is 0. The molecule has 0 saturated heterocycles. The first kappa shape index (κ1) is 18.1. The average molecular weight is 393 g/mol. The molecule has 2 aromatic carbocycles. The second-order valence-corrected chi connectivity index (χ2v) is 6.30. The molecule has 1 unspecified atom stereocenters. The Labute approximate surface area is 147 Å². The smallest absolute Gasteiger partial charge is 0.313 e. The summed E-state index contributed by atoms with van der Waals surface area (Å²) in [7, 11) is 1.05. The van der Waals surface area contributed by atoms with E-state index in [4.69, 9.17) is 5.73 Å². The minimum atomic E-state index is -1.81. The number of Topliss-reactive ketones (excluding diaryl/α,β-unsaturated/α-hetero) is 1. The molecule has 0 aliphatic heterocycles. The zero-order valence-corrected chi connectivity index (χ0v) is 14.5. The molecule has 0 radical (unpaired) electrons. The molecule has 2 aromatic rings. The topological polar surface area (TPSA) is 104 Å². The maximum atomic E-state index is 12.2. The largest absolute Gasteiger partial charge is 0.398 e. The van der Waals surface area contributed by atoms with Crippen molar-refractivity contribution in [2.45, 2.75) is 12.0 Å². The monoisotopic (exact) mass is 392 g/mol. The molecule has 2 rings (SSSR count). The molecule has 0 aliphatic carbocycles. The van der Waals surface area contributed by atoms with Crippen LogP contribution >= 0.6 is 15.9 Å². The number of carbonyl (C=O) groups is 2. The molecule has 24 heavy (non-hydrogen) atoms. The number of hydrogen-bond donors (Lipinski definition) is 3. The Morgan fingerprint density at radius 2 is 1.88 bits per heavy atom. The van der Waals surface area contributed by atoms with Gasteiger partial charge < -0.3 is 10.8 Å². The molecule has 4 N–H and O–H groups in total. The highest BCUT2D eigenvalue weighted by Crippen LogP contribution is 2.37. The van der Waals surface area contributed by atoms with Crippen LogP contribution in [0.15, 0.2) is 53.0 Å². The minimum absolute atomic E-state index is 0.192. The fraction of sp³-hybridized carbons (Fsp3) is 0.176. The summed E-state index contributed by atoms with van der Waals surface area (Å²) in [6, 6.07) is 13.3. The van der Waals surface area contributed by atoms with Crippen LogP contribution in [-0.2, 0) is 15.2 Å². The molecule has 0 heterocycles. The van der Waals surface area contributed by atoms with Gasteiger partial charge in [-0.3, -0.25) is 14.8 Å². The summed E-state index contributed by atoms with van der Waals surface area (Å²) in [4.78, 5) is 23.9. The van der Waals surface area contributed by atoms with E-state index in [2.05, 4.69) is 15.9 Å². The van der Waals surface area contributed by atoms with Crippen LogP contribution in [0.1, 0.15) is 17.5 Å². The molecule has 7 heteroatoms. The number of anilines is 1. The summed E-state index contributed by atoms with van der Waals surface area (Å²) in [5.74, 6) is -2.05. The maximum absolute atomic E-state index is 12.2. The van der Waals surface area contributed by atoms with E-state index in [-0.39, 0.29) is 10.8 Å². The SMILES string of the molecule is CN(O)C(=O)C(=O)CC(O)(c1cccc(Br)c1)c1ccccc1N. The Bertz CT molecular complexity index is 779. The van der Waals surface area contributed by atoms with Crippen LogP contribution in [0.4, 0.5) is 5.69 Å². The highest BCUT2D eigenvalue weighted by molar-refractivity contribution is 9.10. The van der Waals surface area contributed by atoms with E-state index in [9.17, 15) is 19.9 Å². The van der Waals surface area contributed by atoms with E-state index in [1.165, 1.54) is 0 Å². The molecule has 0 saturated carbocycles.